The topological polar surface area (TPSA) is 90.1 Å². The lowest BCUT2D eigenvalue weighted by atomic mass is 10.4. The lowest BCUT2D eigenvalue weighted by Gasteiger charge is -2.07. The summed E-state index contributed by atoms with van der Waals surface area (Å²) in [6, 6.07) is -0.125. The highest BCUT2D eigenvalue weighted by molar-refractivity contribution is 9.09. The zero-order chi connectivity index (χ0) is 11.0. The standard InChI is InChI=1S/C7H7BrN4O3/c8-1-4-2-9-6-5(12(14)15)3-10-7(13)11(4)6/h3-4,9H,1-2H2. The summed E-state index contributed by atoms with van der Waals surface area (Å²) >= 11 is 3.24. The Labute approximate surface area is 92.4 Å². The minimum Gasteiger partial charge on any atom is -0.363 e. The van der Waals surface area contributed by atoms with Crippen LogP contribution in [-0.2, 0) is 0 Å². The number of fused-ring (bicyclic) bond motifs is 1. The Balaban J connectivity index is 2.64. The number of alkyl halides is 1. The lowest BCUT2D eigenvalue weighted by molar-refractivity contribution is -0.384. The van der Waals surface area contributed by atoms with Gasteiger partial charge in [0, 0.05) is 11.9 Å². The minimum absolute atomic E-state index is 0.125. The molecule has 7 nitrogen and oxygen atoms in total. The predicted octanol–water partition coefficient (Wildman–Crippen LogP) is 0.513. The molecule has 0 saturated heterocycles. The normalized spacial score (nSPS) is 18.3. The van der Waals surface area contributed by atoms with Gasteiger partial charge in [0.15, 0.2) is 5.82 Å². The summed E-state index contributed by atoms with van der Waals surface area (Å²) in [5.41, 5.74) is -0.636. The molecule has 1 N–H and O–H groups in total. The Morgan fingerprint density at radius 3 is 3.13 bits per heavy atom. The molecule has 80 valence electrons. The van der Waals surface area contributed by atoms with Gasteiger partial charge in [-0.3, -0.25) is 14.7 Å². The van der Waals surface area contributed by atoms with Crippen LogP contribution in [0.25, 0.3) is 0 Å². The van der Waals surface area contributed by atoms with Crippen LogP contribution in [0.4, 0.5) is 11.5 Å². The van der Waals surface area contributed by atoms with E-state index < -0.39 is 10.6 Å². The number of aromatic nitrogens is 2. The van der Waals surface area contributed by atoms with Crippen LogP contribution in [0.1, 0.15) is 6.04 Å². The number of hydrogen-bond donors (Lipinski definition) is 1. The first-order valence-electron chi connectivity index (χ1n) is 4.21. The van der Waals surface area contributed by atoms with E-state index in [9.17, 15) is 14.9 Å². The minimum atomic E-state index is -0.554. The smallest absolute Gasteiger partial charge is 0.349 e. The van der Waals surface area contributed by atoms with Gasteiger partial charge in [0.25, 0.3) is 0 Å². The van der Waals surface area contributed by atoms with E-state index >= 15 is 0 Å². The van der Waals surface area contributed by atoms with Crippen LogP contribution in [0.15, 0.2) is 11.0 Å². The van der Waals surface area contributed by atoms with E-state index in [4.69, 9.17) is 0 Å². The monoisotopic (exact) mass is 274 g/mol. The van der Waals surface area contributed by atoms with Crippen molar-refractivity contribution in [3.63, 3.8) is 0 Å². The fourth-order valence-corrected chi connectivity index (χ4v) is 2.05. The van der Waals surface area contributed by atoms with Gasteiger partial charge in [0.05, 0.1) is 11.0 Å². The van der Waals surface area contributed by atoms with Gasteiger partial charge in [-0.1, -0.05) is 15.9 Å². The molecule has 2 heterocycles. The Morgan fingerprint density at radius 2 is 2.53 bits per heavy atom. The van der Waals surface area contributed by atoms with Crippen LogP contribution in [0.3, 0.4) is 0 Å². The van der Waals surface area contributed by atoms with Gasteiger partial charge >= 0.3 is 11.4 Å². The highest BCUT2D eigenvalue weighted by Gasteiger charge is 2.29. The van der Waals surface area contributed by atoms with Gasteiger partial charge < -0.3 is 5.32 Å². The second kappa shape index (κ2) is 3.61. The van der Waals surface area contributed by atoms with Crippen LogP contribution < -0.4 is 11.0 Å². The van der Waals surface area contributed by atoms with Crippen molar-refractivity contribution in [2.75, 3.05) is 17.2 Å². The molecule has 0 radical (unpaired) electrons. The molecule has 1 aromatic heterocycles. The van der Waals surface area contributed by atoms with Crippen LogP contribution in [0.5, 0.6) is 0 Å². The summed E-state index contributed by atoms with van der Waals surface area (Å²) in [7, 11) is 0. The third-order valence-corrected chi connectivity index (χ3v) is 2.98. The molecule has 1 aliphatic heterocycles. The van der Waals surface area contributed by atoms with Gasteiger partial charge in [-0.05, 0) is 0 Å². The van der Waals surface area contributed by atoms with Crippen molar-refractivity contribution in [1.29, 1.82) is 0 Å². The average Bonchev–Trinajstić information content (AvgIpc) is 2.62. The summed E-state index contributed by atoms with van der Waals surface area (Å²) < 4.78 is 1.31. The summed E-state index contributed by atoms with van der Waals surface area (Å²) in [5, 5.41) is 14.1. The lowest BCUT2D eigenvalue weighted by Crippen LogP contribution is -2.25. The first-order chi connectivity index (χ1) is 7.15. The molecule has 0 aliphatic carbocycles. The molecule has 1 aliphatic rings. The van der Waals surface area contributed by atoms with Crippen molar-refractivity contribution >= 4 is 27.4 Å². The van der Waals surface area contributed by atoms with Gasteiger partial charge in [-0.15, -0.1) is 0 Å². The van der Waals surface area contributed by atoms with Gasteiger partial charge in [0.1, 0.15) is 6.20 Å². The summed E-state index contributed by atoms with van der Waals surface area (Å²) in [5.74, 6) is 0.240. The van der Waals surface area contributed by atoms with Crippen LogP contribution in [-0.4, -0.2) is 26.3 Å². The van der Waals surface area contributed by atoms with Crippen LogP contribution >= 0.6 is 15.9 Å². The predicted molar refractivity (Wildman–Crippen MR) is 56.5 cm³/mol. The maximum absolute atomic E-state index is 11.4. The third kappa shape index (κ3) is 1.50. The molecule has 1 aromatic rings. The number of nitrogens with one attached hydrogen (secondary N) is 1. The molecule has 0 fully saturated rings. The fraction of sp³-hybridized carbons (Fsp3) is 0.429. The Hall–Kier alpha value is -1.44. The molecule has 8 heteroatoms. The van der Waals surface area contributed by atoms with Gasteiger partial charge in [0.2, 0.25) is 0 Å². The van der Waals surface area contributed by atoms with Gasteiger partial charge in [-0.25, -0.2) is 4.79 Å². The van der Waals surface area contributed by atoms with E-state index in [1.807, 2.05) is 0 Å². The largest absolute Gasteiger partial charge is 0.363 e. The van der Waals surface area contributed by atoms with Crippen LogP contribution in [0.2, 0.25) is 0 Å². The second-order valence-electron chi connectivity index (χ2n) is 3.09. The summed E-state index contributed by atoms with van der Waals surface area (Å²) in [4.78, 5) is 25.0. The molecule has 2 rings (SSSR count). The van der Waals surface area contributed by atoms with Crippen molar-refractivity contribution in [3.05, 3.63) is 26.8 Å². The third-order valence-electron chi connectivity index (χ3n) is 2.23. The molecular weight excluding hydrogens is 268 g/mol. The number of halogens is 1. The maximum atomic E-state index is 11.4. The number of rotatable bonds is 2. The maximum Gasteiger partial charge on any atom is 0.349 e. The highest BCUT2D eigenvalue weighted by Crippen LogP contribution is 2.29. The SMILES string of the molecule is O=c1ncc([N+](=O)[O-])c2n1C(CBr)CN2. The first kappa shape index (κ1) is 10.1. The van der Waals surface area contributed by atoms with E-state index in [2.05, 4.69) is 26.2 Å². The van der Waals surface area contributed by atoms with Crippen molar-refractivity contribution in [1.82, 2.24) is 9.55 Å². The number of anilines is 1. The number of hydrogen-bond acceptors (Lipinski definition) is 5. The molecule has 1 atom stereocenters. The van der Waals surface area contributed by atoms with Crippen molar-refractivity contribution < 1.29 is 4.92 Å². The van der Waals surface area contributed by atoms with Crippen molar-refractivity contribution in [3.8, 4) is 0 Å². The van der Waals surface area contributed by atoms with E-state index in [-0.39, 0.29) is 17.5 Å². The highest BCUT2D eigenvalue weighted by atomic mass is 79.9. The molecule has 0 spiro atoms. The molecule has 0 bridgehead atoms. The summed E-state index contributed by atoms with van der Waals surface area (Å²) in [6.45, 7) is 0.493. The summed E-state index contributed by atoms with van der Waals surface area (Å²) in [6.07, 6.45) is 0.984. The molecule has 0 saturated carbocycles. The molecule has 15 heavy (non-hydrogen) atoms. The Kier molecular flexibility index (Phi) is 2.43. The van der Waals surface area contributed by atoms with E-state index in [0.717, 1.165) is 6.20 Å². The fourth-order valence-electron chi connectivity index (χ4n) is 1.54. The second-order valence-corrected chi connectivity index (χ2v) is 3.74. The first-order valence-corrected chi connectivity index (χ1v) is 5.33. The van der Waals surface area contributed by atoms with E-state index in [1.54, 1.807) is 0 Å². The molecular formula is C7H7BrN4O3. The van der Waals surface area contributed by atoms with E-state index in [0.29, 0.717) is 11.9 Å². The van der Waals surface area contributed by atoms with Crippen LogP contribution in [0, 0.1) is 10.1 Å². The van der Waals surface area contributed by atoms with Crippen molar-refractivity contribution in [2.45, 2.75) is 6.04 Å². The van der Waals surface area contributed by atoms with Crippen molar-refractivity contribution in [2.24, 2.45) is 0 Å². The Morgan fingerprint density at radius 1 is 1.80 bits per heavy atom. The number of nitro groups is 1. The zero-order valence-electron chi connectivity index (χ0n) is 7.51. The Bertz CT molecular complexity index is 472. The number of nitrogens with zero attached hydrogens (tertiary/aromatic N) is 3. The van der Waals surface area contributed by atoms with E-state index in [1.165, 1.54) is 4.57 Å². The molecule has 0 amide bonds. The average molecular weight is 275 g/mol. The molecule has 0 aromatic carbocycles. The molecule has 1 unspecified atom stereocenters. The quantitative estimate of drug-likeness (QED) is 0.482. The zero-order valence-corrected chi connectivity index (χ0v) is 9.10. The van der Waals surface area contributed by atoms with Gasteiger partial charge in [-0.2, -0.15) is 4.98 Å².